The predicted octanol–water partition coefficient (Wildman–Crippen LogP) is 2.70. The minimum atomic E-state index is -0.351. The normalized spacial score (nSPS) is 10.4. The lowest BCUT2D eigenvalue weighted by atomic mass is 10.1. The van der Waals surface area contributed by atoms with Crippen LogP contribution < -0.4 is 19.5 Å². The van der Waals surface area contributed by atoms with Crippen molar-refractivity contribution in [3.63, 3.8) is 0 Å². The summed E-state index contributed by atoms with van der Waals surface area (Å²) in [5, 5.41) is 13.9. The Bertz CT molecular complexity index is 937. The number of hydrogen-bond acceptors (Lipinski definition) is 7. The van der Waals surface area contributed by atoms with E-state index in [0.717, 1.165) is 4.47 Å². The molecule has 0 aliphatic carbocycles. The molecule has 1 N–H and O–H groups in total. The Morgan fingerprint density at radius 1 is 1.07 bits per heavy atom. The molecule has 2 aromatic carbocycles. The monoisotopic (exact) mass is 433 g/mol. The summed E-state index contributed by atoms with van der Waals surface area (Å²) in [6.45, 7) is 0. The molecule has 0 radical (unpaired) electrons. The largest absolute Gasteiger partial charge is 0.493 e. The van der Waals surface area contributed by atoms with Gasteiger partial charge in [-0.15, -0.1) is 5.10 Å². The van der Waals surface area contributed by atoms with Gasteiger partial charge >= 0.3 is 0 Å². The van der Waals surface area contributed by atoms with Crippen LogP contribution in [0.4, 0.5) is 5.69 Å². The summed E-state index contributed by atoms with van der Waals surface area (Å²) in [4.78, 5) is 12.9. The quantitative estimate of drug-likeness (QED) is 0.637. The van der Waals surface area contributed by atoms with Crippen molar-refractivity contribution in [1.29, 1.82) is 0 Å². The van der Waals surface area contributed by atoms with Crippen LogP contribution in [0.3, 0.4) is 0 Å². The van der Waals surface area contributed by atoms with Crippen LogP contribution >= 0.6 is 15.9 Å². The molecule has 0 atom stereocenters. The minimum Gasteiger partial charge on any atom is -0.493 e. The standard InChI is InChI=1S/C17H16BrN5O4/c1-25-14-7-11(8-15(26-2)16(14)27-3)20-17(24)12-6-10(18)4-5-13(12)23-9-19-21-22-23/h4-9H,1-3H3,(H,20,24). The average Bonchev–Trinajstić information content (AvgIpc) is 3.21. The molecule has 3 rings (SSSR count). The first kappa shape index (κ1) is 18.6. The lowest BCUT2D eigenvalue weighted by molar-refractivity contribution is 0.102. The van der Waals surface area contributed by atoms with Crippen LogP contribution in [-0.2, 0) is 0 Å². The van der Waals surface area contributed by atoms with Crippen molar-refractivity contribution >= 4 is 27.5 Å². The van der Waals surface area contributed by atoms with Crippen LogP contribution in [0.5, 0.6) is 17.2 Å². The summed E-state index contributed by atoms with van der Waals surface area (Å²) in [5.74, 6) is 0.954. The van der Waals surface area contributed by atoms with E-state index in [1.165, 1.54) is 32.3 Å². The van der Waals surface area contributed by atoms with Crippen molar-refractivity contribution in [2.45, 2.75) is 0 Å². The number of methoxy groups -OCH3 is 3. The number of halogens is 1. The minimum absolute atomic E-state index is 0.351. The molecule has 3 aromatic rings. The van der Waals surface area contributed by atoms with Gasteiger partial charge < -0.3 is 19.5 Å². The molecule has 10 heteroatoms. The van der Waals surface area contributed by atoms with Crippen LogP contribution in [-0.4, -0.2) is 47.4 Å². The summed E-state index contributed by atoms with van der Waals surface area (Å²) >= 11 is 3.38. The molecule has 9 nitrogen and oxygen atoms in total. The Labute approximate surface area is 163 Å². The van der Waals surface area contributed by atoms with E-state index in [9.17, 15) is 4.79 Å². The molecule has 27 heavy (non-hydrogen) atoms. The molecule has 0 saturated heterocycles. The maximum absolute atomic E-state index is 12.9. The fourth-order valence-corrected chi connectivity index (χ4v) is 2.87. The molecule has 0 fully saturated rings. The zero-order valence-electron chi connectivity index (χ0n) is 14.8. The molecular weight excluding hydrogens is 418 g/mol. The Kier molecular flexibility index (Phi) is 5.55. The average molecular weight is 434 g/mol. The second-order valence-electron chi connectivity index (χ2n) is 5.28. The topological polar surface area (TPSA) is 100 Å². The third kappa shape index (κ3) is 3.85. The van der Waals surface area contributed by atoms with E-state index in [-0.39, 0.29) is 5.91 Å². The van der Waals surface area contributed by atoms with Crippen molar-refractivity contribution in [2.75, 3.05) is 26.6 Å². The zero-order chi connectivity index (χ0) is 19.4. The lowest BCUT2D eigenvalue weighted by Gasteiger charge is -2.15. The Hall–Kier alpha value is -3.14. The number of anilines is 1. The molecule has 0 unspecified atom stereocenters. The highest BCUT2D eigenvalue weighted by atomic mass is 79.9. The van der Waals surface area contributed by atoms with Gasteiger partial charge in [0.25, 0.3) is 5.91 Å². The maximum Gasteiger partial charge on any atom is 0.257 e. The molecule has 0 bridgehead atoms. The van der Waals surface area contributed by atoms with E-state index in [0.29, 0.717) is 34.2 Å². The summed E-state index contributed by atoms with van der Waals surface area (Å²) in [7, 11) is 4.53. The number of rotatable bonds is 6. The van der Waals surface area contributed by atoms with Crippen LogP contribution in [0.1, 0.15) is 10.4 Å². The van der Waals surface area contributed by atoms with Crippen LogP contribution in [0, 0.1) is 0 Å². The molecule has 0 aliphatic rings. The molecule has 1 aromatic heterocycles. The molecule has 140 valence electrons. The second-order valence-corrected chi connectivity index (χ2v) is 6.20. The number of ether oxygens (including phenoxy) is 3. The van der Waals surface area contributed by atoms with Gasteiger partial charge in [-0.05, 0) is 28.6 Å². The summed E-state index contributed by atoms with van der Waals surface area (Å²) in [6, 6.07) is 8.52. The van der Waals surface area contributed by atoms with Gasteiger partial charge in [0.2, 0.25) is 5.75 Å². The lowest BCUT2D eigenvalue weighted by Crippen LogP contribution is -2.15. The Balaban J connectivity index is 1.98. The highest BCUT2D eigenvalue weighted by molar-refractivity contribution is 9.10. The van der Waals surface area contributed by atoms with Gasteiger partial charge in [-0.25, -0.2) is 0 Å². The van der Waals surface area contributed by atoms with E-state index in [4.69, 9.17) is 14.2 Å². The van der Waals surface area contributed by atoms with Gasteiger partial charge in [0, 0.05) is 22.3 Å². The SMILES string of the molecule is COc1cc(NC(=O)c2cc(Br)ccc2-n2cnnn2)cc(OC)c1OC. The number of nitrogens with zero attached hydrogens (tertiary/aromatic N) is 4. The summed E-state index contributed by atoms with van der Waals surface area (Å²) in [6.07, 6.45) is 1.42. The van der Waals surface area contributed by atoms with Gasteiger partial charge in [-0.1, -0.05) is 15.9 Å². The van der Waals surface area contributed by atoms with Crippen LogP contribution in [0.2, 0.25) is 0 Å². The first-order valence-electron chi connectivity index (χ1n) is 7.71. The zero-order valence-corrected chi connectivity index (χ0v) is 16.3. The highest BCUT2D eigenvalue weighted by Crippen LogP contribution is 2.40. The van der Waals surface area contributed by atoms with Crippen molar-refractivity contribution in [3.05, 3.63) is 46.7 Å². The Morgan fingerprint density at radius 3 is 2.33 bits per heavy atom. The number of carbonyl (C=O) groups is 1. The molecule has 0 saturated carbocycles. The molecule has 1 amide bonds. The highest BCUT2D eigenvalue weighted by Gasteiger charge is 2.18. The van der Waals surface area contributed by atoms with Crippen molar-refractivity contribution in [2.24, 2.45) is 0 Å². The smallest absolute Gasteiger partial charge is 0.257 e. The number of carbonyl (C=O) groups excluding carboxylic acids is 1. The van der Waals surface area contributed by atoms with E-state index in [1.807, 2.05) is 0 Å². The van der Waals surface area contributed by atoms with Crippen molar-refractivity contribution in [3.8, 4) is 22.9 Å². The van der Waals surface area contributed by atoms with Crippen LogP contribution in [0.25, 0.3) is 5.69 Å². The molecule has 1 heterocycles. The number of tetrazole rings is 1. The first-order chi connectivity index (χ1) is 13.1. The van der Waals surface area contributed by atoms with E-state index >= 15 is 0 Å². The van der Waals surface area contributed by atoms with Gasteiger partial charge in [-0.2, -0.15) is 4.68 Å². The number of hydrogen-bond donors (Lipinski definition) is 1. The fraction of sp³-hybridized carbons (Fsp3) is 0.176. The van der Waals surface area contributed by atoms with E-state index < -0.39 is 0 Å². The number of aromatic nitrogens is 4. The van der Waals surface area contributed by atoms with Gasteiger partial charge in [0.1, 0.15) is 6.33 Å². The van der Waals surface area contributed by atoms with E-state index in [2.05, 4.69) is 36.8 Å². The first-order valence-corrected chi connectivity index (χ1v) is 8.51. The van der Waals surface area contributed by atoms with Gasteiger partial charge in [0.15, 0.2) is 11.5 Å². The van der Waals surface area contributed by atoms with Crippen LogP contribution in [0.15, 0.2) is 41.1 Å². The number of nitrogens with one attached hydrogen (secondary N) is 1. The van der Waals surface area contributed by atoms with Gasteiger partial charge in [-0.3, -0.25) is 4.79 Å². The third-order valence-electron chi connectivity index (χ3n) is 3.72. The summed E-state index contributed by atoms with van der Waals surface area (Å²) in [5.41, 5.74) is 1.40. The fourth-order valence-electron chi connectivity index (χ4n) is 2.51. The molecular formula is C17H16BrN5O4. The molecule has 0 spiro atoms. The second kappa shape index (κ2) is 8.04. The Morgan fingerprint density at radius 2 is 1.78 bits per heavy atom. The predicted molar refractivity (Wildman–Crippen MR) is 101 cm³/mol. The number of benzene rings is 2. The van der Waals surface area contributed by atoms with Crippen molar-refractivity contribution in [1.82, 2.24) is 20.2 Å². The van der Waals surface area contributed by atoms with E-state index in [1.54, 1.807) is 30.3 Å². The molecule has 0 aliphatic heterocycles. The number of amides is 1. The van der Waals surface area contributed by atoms with Crippen molar-refractivity contribution < 1.29 is 19.0 Å². The maximum atomic E-state index is 12.9. The third-order valence-corrected chi connectivity index (χ3v) is 4.21. The van der Waals surface area contributed by atoms with Gasteiger partial charge in [0.05, 0.1) is 32.6 Å². The summed E-state index contributed by atoms with van der Waals surface area (Å²) < 4.78 is 18.1.